The van der Waals surface area contributed by atoms with E-state index in [2.05, 4.69) is 21.2 Å². The molecule has 0 fully saturated rings. The van der Waals surface area contributed by atoms with Gasteiger partial charge in [-0.05, 0) is 81.8 Å². The maximum atomic E-state index is 13.9. The zero-order valence-electron chi connectivity index (χ0n) is 22.6. The first-order valence-electron chi connectivity index (χ1n) is 12.7. The van der Waals surface area contributed by atoms with Gasteiger partial charge >= 0.3 is 0 Å². The lowest BCUT2D eigenvalue weighted by molar-refractivity contribution is -0.139. The van der Waals surface area contributed by atoms with Crippen LogP contribution in [0.3, 0.4) is 0 Å². The van der Waals surface area contributed by atoms with Crippen molar-refractivity contribution in [3.05, 3.63) is 88.4 Å². The van der Waals surface area contributed by atoms with Crippen molar-refractivity contribution < 1.29 is 22.7 Å². The third kappa shape index (κ3) is 7.83. The summed E-state index contributed by atoms with van der Waals surface area (Å²) in [5, 5.41) is 2.75. The SMILES string of the molecule is CCNC(=O)[C@H](C)N(Cc1ccc(Br)cc1)C(=O)CN(c1ccc(OCC)cc1)S(=O)(=O)c1ccc(C)cc1. The maximum absolute atomic E-state index is 13.9. The van der Waals surface area contributed by atoms with Gasteiger partial charge in [-0.25, -0.2) is 8.42 Å². The highest BCUT2D eigenvalue weighted by atomic mass is 79.9. The van der Waals surface area contributed by atoms with Crippen molar-refractivity contribution in [1.29, 1.82) is 0 Å². The third-order valence-corrected chi connectivity index (χ3v) is 8.42. The number of rotatable bonds is 12. The van der Waals surface area contributed by atoms with Crippen LogP contribution in [0.15, 0.2) is 82.2 Å². The first-order valence-corrected chi connectivity index (χ1v) is 14.9. The van der Waals surface area contributed by atoms with Gasteiger partial charge in [-0.3, -0.25) is 13.9 Å². The summed E-state index contributed by atoms with van der Waals surface area (Å²) in [7, 11) is -4.12. The van der Waals surface area contributed by atoms with Gasteiger partial charge in [0.1, 0.15) is 18.3 Å². The van der Waals surface area contributed by atoms with Gasteiger partial charge in [0.15, 0.2) is 0 Å². The van der Waals surface area contributed by atoms with Crippen LogP contribution >= 0.6 is 15.9 Å². The molecule has 0 saturated carbocycles. The average molecular weight is 617 g/mol. The Morgan fingerprint density at radius 1 is 0.949 bits per heavy atom. The second-order valence-corrected chi connectivity index (χ2v) is 11.7. The molecule has 0 saturated heterocycles. The zero-order valence-corrected chi connectivity index (χ0v) is 25.0. The van der Waals surface area contributed by atoms with Crippen LogP contribution in [0, 0.1) is 6.92 Å². The first-order chi connectivity index (χ1) is 18.6. The van der Waals surface area contributed by atoms with E-state index in [0.29, 0.717) is 24.6 Å². The van der Waals surface area contributed by atoms with Gasteiger partial charge in [-0.15, -0.1) is 0 Å². The molecule has 3 aromatic rings. The Morgan fingerprint density at radius 2 is 1.56 bits per heavy atom. The van der Waals surface area contributed by atoms with Crippen molar-refractivity contribution in [2.45, 2.75) is 45.2 Å². The van der Waals surface area contributed by atoms with Crippen LogP contribution < -0.4 is 14.4 Å². The van der Waals surface area contributed by atoms with Gasteiger partial charge in [0.05, 0.1) is 17.2 Å². The van der Waals surface area contributed by atoms with Crippen molar-refractivity contribution >= 4 is 43.5 Å². The van der Waals surface area contributed by atoms with Crippen LogP contribution in [0.1, 0.15) is 31.9 Å². The van der Waals surface area contributed by atoms with Gasteiger partial charge in [-0.1, -0.05) is 45.8 Å². The van der Waals surface area contributed by atoms with Crippen molar-refractivity contribution in [2.75, 3.05) is 24.0 Å². The predicted molar refractivity (Wildman–Crippen MR) is 156 cm³/mol. The van der Waals surface area contributed by atoms with Crippen molar-refractivity contribution in [1.82, 2.24) is 10.2 Å². The fourth-order valence-corrected chi connectivity index (χ4v) is 5.61. The van der Waals surface area contributed by atoms with Crippen LogP contribution in [0.25, 0.3) is 0 Å². The molecule has 3 rings (SSSR count). The number of anilines is 1. The largest absolute Gasteiger partial charge is 0.494 e. The van der Waals surface area contributed by atoms with Crippen molar-refractivity contribution in [3.63, 3.8) is 0 Å². The summed E-state index contributed by atoms with van der Waals surface area (Å²) < 4.78 is 35.2. The summed E-state index contributed by atoms with van der Waals surface area (Å²) in [5.74, 6) is -0.250. The topological polar surface area (TPSA) is 96.0 Å². The molecule has 0 spiro atoms. The minimum absolute atomic E-state index is 0.0611. The summed E-state index contributed by atoms with van der Waals surface area (Å²) in [6, 6.07) is 19.6. The number of nitrogens with one attached hydrogen (secondary N) is 1. The molecule has 0 aliphatic heterocycles. The summed E-state index contributed by atoms with van der Waals surface area (Å²) >= 11 is 3.41. The van der Waals surface area contributed by atoms with E-state index in [0.717, 1.165) is 19.9 Å². The third-order valence-electron chi connectivity index (χ3n) is 6.11. The van der Waals surface area contributed by atoms with Crippen LogP contribution in [0.4, 0.5) is 5.69 Å². The predicted octanol–water partition coefficient (Wildman–Crippen LogP) is 4.90. The number of ether oxygens (including phenoxy) is 1. The Labute approximate surface area is 239 Å². The number of hydrogen-bond donors (Lipinski definition) is 1. The number of sulfonamides is 1. The Kier molecular flexibility index (Phi) is 10.5. The number of halogens is 1. The second-order valence-electron chi connectivity index (χ2n) is 8.97. The van der Waals surface area contributed by atoms with Crippen molar-refractivity contribution in [2.24, 2.45) is 0 Å². The molecule has 10 heteroatoms. The van der Waals surface area contributed by atoms with Crippen molar-refractivity contribution in [3.8, 4) is 5.75 Å². The van der Waals surface area contributed by atoms with Gasteiger partial charge in [0, 0.05) is 17.6 Å². The maximum Gasteiger partial charge on any atom is 0.264 e. The van der Waals surface area contributed by atoms with Crippen LogP contribution in [0.5, 0.6) is 5.75 Å². The molecule has 0 radical (unpaired) electrons. The number of amides is 2. The number of aryl methyl sites for hydroxylation is 1. The van der Waals surface area contributed by atoms with E-state index in [9.17, 15) is 18.0 Å². The molecule has 0 aliphatic carbocycles. The minimum atomic E-state index is -4.12. The highest BCUT2D eigenvalue weighted by Crippen LogP contribution is 2.27. The van der Waals surface area contributed by atoms with Crippen LogP contribution in [-0.2, 0) is 26.2 Å². The number of carbonyl (C=O) groups is 2. The van der Waals surface area contributed by atoms with E-state index in [-0.39, 0.29) is 17.3 Å². The minimum Gasteiger partial charge on any atom is -0.494 e. The monoisotopic (exact) mass is 615 g/mol. The summed E-state index contributed by atoms with van der Waals surface area (Å²) in [5.41, 5.74) is 2.02. The normalized spacial score (nSPS) is 11.9. The van der Waals surface area contributed by atoms with Crippen LogP contribution in [0.2, 0.25) is 0 Å². The van der Waals surface area contributed by atoms with Gasteiger partial charge < -0.3 is 15.0 Å². The molecule has 0 unspecified atom stereocenters. The average Bonchev–Trinajstić information content (AvgIpc) is 2.92. The quantitative estimate of drug-likeness (QED) is 0.312. The molecule has 1 atom stereocenters. The number of carbonyl (C=O) groups excluding carboxylic acids is 2. The Morgan fingerprint density at radius 3 is 2.13 bits per heavy atom. The molecule has 208 valence electrons. The lowest BCUT2D eigenvalue weighted by atomic mass is 10.1. The molecule has 0 aliphatic rings. The Hall–Kier alpha value is -3.37. The van der Waals surface area contributed by atoms with Gasteiger partial charge in [-0.2, -0.15) is 0 Å². The Balaban J connectivity index is 2.02. The molecule has 2 amide bonds. The van der Waals surface area contributed by atoms with E-state index in [1.165, 1.54) is 17.0 Å². The molecular formula is C29H34BrN3O5S. The number of hydrogen-bond acceptors (Lipinski definition) is 5. The molecule has 0 heterocycles. The summed E-state index contributed by atoms with van der Waals surface area (Å²) in [6.07, 6.45) is 0. The Bertz CT molecular complexity index is 1360. The number of nitrogens with zero attached hydrogens (tertiary/aromatic N) is 2. The highest BCUT2D eigenvalue weighted by Gasteiger charge is 2.32. The zero-order chi connectivity index (χ0) is 28.6. The van der Waals surface area contributed by atoms with E-state index >= 15 is 0 Å². The number of benzene rings is 3. The lowest BCUT2D eigenvalue weighted by Crippen LogP contribution is -2.51. The van der Waals surface area contributed by atoms with E-state index in [4.69, 9.17) is 4.74 Å². The fraction of sp³-hybridized carbons (Fsp3) is 0.310. The fourth-order valence-electron chi connectivity index (χ4n) is 3.93. The van der Waals surface area contributed by atoms with Gasteiger partial charge in [0.2, 0.25) is 11.8 Å². The molecule has 3 aromatic carbocycles. The van der Waals surface area contributed by atoms with E-state index < -0.39 is 28.5 Å². The van der Waals surface area contributed by atoms with E-state index in [1.807, 2.05) is 38.1 Å². The molecule has 0 aromatic heterocycles. The molecule has 8 nitrogen and oxygen atoms in total. The standard InChI is InChI=1S/C29H34BrN3O5S/c1-5-31-29(35)22(4)32(19-23-9-11-24(30)12-10-23)28(34)20-33(25-13-15-26(16-14-25)38-6-2)39(36,37)27-17-7-21(3)8-18-27/h7-18,22H,5-6,19-20H2,1-4H3,(H,31,35)/t22-/m0/s1. The van der Waals surface area contributed by atoms with Crippen LogP contribution in [-0.4, -0.2) is 50.9 Å². The first kappa shape index (κ1) is 30.2. The molecular weight excluding hydrogens is 582 g/mol. The highest BCUT2D eigenvalue weighted by molar-refractivity contribution is 9.10. The molecule has 39 heavy (non-hydrogen) atoms. The summed E-state index contributed by atoms with van der Waals surface area (Å²) in [6.45, 7) is 7.67. The lowest BCUT2D eigenvalue weighted by Gasteiger charge is -2.32. The molecule has 1 N–H and O–H groups in total. The van der Waals surface area contributed by atoms with Gasteiger partial charge in [0.25, 0.3) is 10.0 Å². The summed E-state index contributed by atoms with van der Waals surface area (Å²) in [4.78, 5) is 28.1. The van der Waals surface area contributed by atoms with E-state index in [1.54, 1.807) is 50.2 Å². The number of likely N-dealkylation sites (N-methyl/N-ethyl adjacent to an activating group) is 1. The molecule has 0 bridgehead atoms. The smallest absolute Gasteiger partial charge is 0.264 e. The second kappa shape index (κ2) is 13.6.